The fraction of sp³-hybridized carbons (Fsp3) is 0.318. The Morgan fingerprint density at radius 2 is 1.79 bits per heavy atom. The maximum Gasteiger partial charge on any atom is 0.321 e. The highest BCUT2D eigenvalue weighted by atomic mass is 32.2. The SMILES string of the molecule is COc1cc(NS(=O)(=O)c2ccc(NC(=O)c3ccc(CN4CCCC4)o3)cc2)nc(OC)n1. The Balaban J connectivity index is 1.40. The van der Waals surface area contributed by atoms with Crippen molar-refractivity contribution < 1.29 is 27.1 Å². The number of ether oxygens (including phenoxy) is 2. The number of likely N-dealkylation sites (tertiary alicyclic amines) is 1. The second-order valence-corrected chi connectivity index (χ2v) is 9.30. The minimum Gasteiger partial charge on any atom is -0.481 e. The lowest BCUT2D eigenvalue weighted by Gasteiger charge is -2.11. The van der Waals surface area contributed by atoms with Crippen LogP contribution >= 0.6 is 0 Å². The molecule has 0 bridgehead atoms. The molecule has 3 aromatic rings. The van der Waals surface area contributed by atoms with E-state index in [1.807, 2.05) is 0 Å². The number of aromatic nitrogens is 2. The van der Waals surface area contributed by atoms with Crippen molar-refractivity contribution in [1.29, 1.82) is 0 Å². The van der Waals surface area contributed by atoms with Gasteiger partial charge in [-0.25, -0.2) is 8.42 Å². The van der Waals surface area contributed by atoms with Crippen LogP contribution in [0.1, 0.15) is 29.2 Å². The van der Waals surface area contributed by atoms with Gasteiger partial charge in [-0.05, 0) is 62.3 Å². The van der Waals surface area contributed by atoms with Gasteiger partial charge >= 0.3 is 6.01 Å². The quantitative estimate of drug-likeness (QED) is 0.467. The highest BCUT2D eigenvalue weighted by Crippen LogP contribution is 2.22. The molecule has 1 saturated heterocycles. The third kappa shape index (κ3) is 5.64. The van der Waals surface area contributed by atoms with Gasteiger partial charge in [0.2, 0.25) is 5.88 Å². The molecule has 2 aromatic heterocycles. The first-order valence-corrected chi connectivity index (χ1v) is 12.1. The molecule has 2 N–H and O–H groups in total. The Kier molecular flexibility index (Phi) is 6.98. The molecule has 1 aliphatic heterocycles. The number of nitrogens with one attached hydrogen (secondary N) is 2. The number of methoxy groups -OCH3 is 2. The Morgan fingerprint density at radius 1 is 1.06 bits per heavy atom. The van der Waals surface area contributed by atoms with Gasteiger partial charge in [0, 0.05) is 11.8 Å². The number of amides is 1. The van der Waals surface area contributed by atoms with Gasteiger partial charge < -0.3 is 19.2 Å². The summed E-state index contributed by atoms with van der Waals surface area (Å²) in [7, 11) is -1.20. The van der Waals surface area contributed by atoms with Crippen molar-refractivity contribution >= 4 is 27.4 Å². The first-order valence-electron chi connectivity index (χ1n) is 10.6. The number of carbonyl (C=O) groups is 1. The van der Waals surface area contributed by atoms with Crippen molar-refractivity contribution in [3.8, 4) is 11.9 Å². The van der Waals surface area contributed by atoms with Crippen molar-refractivity contribution in [1.82, 2.24) is 14.9 Å². The van der Waals surface area contributed by atoms with E-state index in [0.717, 1.165) is 18.8 Å². The maximum absolute atomic E-state index is 12.7. The van der Waals surface area contributed by atoms with Gasteiger partial charge in [0.25, 0.3) is 15.9 Å². The third-order valence-electron chi connectivity index (χ3n) is 5.20. The second-order valence-electron chi connectivity index (χ2n) is 7.62. The number of nitrogens with zero attached hydrogens (tertiary/aromatic N) is 3. The molecule has 4 rings (SSSR count). The summed E-state index contributed by atoms with van der Waals surface area (Å²) < 4.78 is 43.5. The molecule has 1 amide bonds. The molecule has 0 aliphatic carbocycles. The predicted molar refractivity (Wildman–Crippen MR) is 124 cm³/mol. The van der Waals surface area contributed by atoms with Gasteiger partial charge in [-0.2, -0.15) is 9.97 Å². The monoisotopic (exact) mass is 487 g/mol. The molecule has 0 radical (unpaired) electrons. The second kappa shape index (κ2) is 10.1. The summed E-state index contributed by atoms with van der Waals surface area (Å²) in [6, 6.07) is 10.4. The first-order chi connectivity index (χ1) is 16.4. The molecular formula is C22H25N5O6S. The van der Waals surface area contributed by atoms with Crippen molar-refractivity contribution in [3.05, 3.63) is 54.0 Å². The van der Waals surface area contributed by atoms with Crippen LogP contribution in [0.3, 0.4) is 0 Å². The highest BCUT2D eigenvalue weighted by molar-refractivity contribution is 7.92. The van der Waals surface area contributed by atoms with Crippen molar-refractivity contribution in [2.45, 2.75) is 24.3 Å². The van der Waals surface area contributed by atoms with Gasteiger partial charge in [-0.1, -0.05) is 0 Å². The van der Waals surface area contributed by atoms with Crippen molar-refractivity contribution in [2.75, 3.05) is 37.3 Å². The van der Waals surface area contributed by atoms with Crippen LogP contribution in [0, 0.1) is 0 Å². The van der Waals surface area contributed by atoms with E-state index < -0.39 is 15.9 Å². The number of anilines is 2. The fourth-order valence-corrected chi connectivity index (χ4v) is 4.50. The highest BCUT2D eigenvalue weighted by Gasteiger charge is 2.19. The van der Waals surface area contributed by atoms with E-state index in [4.69, 9.17) is 13.9 Å². The number of carbonyl (C=O) groups excluding carboxylic acids is 1. The summed E-state index contributed by atoms with van der Waals surface area (Å²) in [6.07, 6.45) is 2.35. The van der Waals surface area contributed by atoms with Crippen LogP contribution in [-0.4, -0.2) is 56.5 Å². The van der Waals surface area contributed by atoms with E-state index in [2.05, 4.69) is 24.9 Å². The molecule has 1 fully saturated rings. The smallest absolute Gasteiger partial charge is 0.321 e. The van der Waals surface area contributed by atoms with E-state index in [1.54, 1.807) is 12.1 Å². The Bertz CT molecular complexity index is 1230. The normalized spacial score (nSPS) is 14.1. The average molecular weight is 488 g/mol. The molecule has 0 spiro atoms. The van der Waals surface area contributed by atoms with Gasteiger partial charge in [0.05, 0.1) is 25.7 Å². The number of rotatable bonds is 9. The van der Waals surface area contributed by atoms with Gasteiger partial charge in [-0.15, -0.1) is 0 Å². The summed E-state index contributed by atoms with van der Waals surface area (Å²) in [5.41, 5.74) is 0.423. The van der Waals surface area contributed by atoms with Crippen LogP contribution < -0.4 is 19.5 Å². The minimum absolute atomic E-state index is 0.0105. The average Bonchev–Trinajstić information content (AvgIpc) is 3.51. The lowest BCUT2D eigenvalue weighted by Crippen LogP contribution is -2.18. The van der Waals surface area contributed by atoms with Gasteiger partial charge in [0.1, 0.15) is 5.76 Å². The Morgan fingerprint density at radius 3 is 2.47 bits per heavy atom. The molecule has 180 valence electrons. The fourth-order valence-electron chi connectivity index (χ4n) is 3.50. The molecular weight excluding hydrogens is 462 g/mol. The number of hydrogen-bond donors (Lipinski definition) is 2. The van der Waals surface area contributed by atoms with Crippen LogP contribution in [0.15, 0.2) is 51.8 Å². The molecule has 0 atom stereocenters. The van der Waals surface area contributed by atoms with Crippen LogP contribution in [0.4, 0.5) is 11.5 Å². The predicted octanol–water partition coefficient (Wildman–Crippen LogP) is 2.74. The van der Waals surface area contributed by atoms with E-state index in [0.29, 0.717) is 12.2 Å². The minimum atomic E-state index is -3.96. The summed E-state index contributed by atoms with van der Waals surface area (Å²) in [6.45, 7) is 2.74. The molecule has 11 nitrogen and oxygen atoms in total. The lowest BCUT2D eigenvalue weighted by atomic mass is 10.3. The topological polar surface area (TPSA) is 136 Å². The van der Waals surface area contributed by atoms with E-state index in [1.165, 1.54) is 57.4 Å². The van der Waals surface area contributed by atoms with Crippen molar-refractivity contribution in [2.24, 2.45) is 0 Å². The van der Waals surface area contributed by atoms with Crippen LogP contribution in [0.5, 0.6) is 11.9 Å². The Hall–Kier alpha value is -3.64. The first kappa shape index (κ1) is 23.5. The molecule has 1 aliphatic rings. The summed E-state index contributed by atoms with van der Waals surface area (Å²) in [4.78, 5) is 22.7. The summed E-state index contributed by atoms with van der Waals surface area (Å²) in [5.74, 6) is 0.645. The number of benzene rings is 1. The van der Waals surface area contributed by atoms with E-state index in [-0.39, 0.29) is 28.4 Å². The summed E-state index contributed by atoms with van der Waals surface area (Å²) in [5, 5.41) is 2.71. The maximum atomic E-state index is 12.7. The summed E-state index contributed by atoms with van der Waals surface area (Å²) >= 11 is 0. The number of hydrogen-bond acceptors (Lipinski definition) is 9. The van der Waals surface area contributed by atoms with Gasteiger partial charge in [0.15, 0.2) is 11.6 Å². The van der Waals surface area contributed by atoms with Crippen molar-refractivity contribution in [3.63, 3.8) is 0 Å². The number of furan rings is 1. The van der Waals surface area contributed by atoms with E-state index in [9.17, 15) is 13.2 Å². The molecule has 0 saturated carbocycles. The molecule has 1 aromatic carbocycles. The van der Waals surface area contributed by atoms with E-state index >= 15 is 0 Å². The van der Waals surface area contributed by atoms with Crippen LogP contribution in [0.25, 0.3) is 0 Å². The zero-order valence-electron chi connectivity index (χ0n) is 18.8. The number of sulfonamides is 1. The molecule has 3 heterocycles. The third-order valence-corrected chi connectivity index (χ3v) is 6.57. The molecule has 12 heteroatoms. The molecule has 0 unspecified atom stereocenters. The van der Waals surface area contributed by atoms with Gasteiger partial charge in [-0.3, -0.25) is 14.4 Å². The molecule has 34 heavy (non-hydrogen) atoms. The Labute approximate surface area is 197 Å². The zero-order chi connectivity index (χ0) is 24.1. The standard InChI is InChI=1S/C22H25N5O6S/c1-31-20-13-19(24-22(25-20)32-2)26-34(29,30)17-8-5-15(6-9-17)23-21(28)18-10-7-16(33-18)14-27-11-3-4-12-27/h5-10,13H,3-4,11-12,14H2,1-2H3,(H,23,28)(H,24,25,26). The lowest BCUT2D eigenvalue weighted by molar-refractivity contribution is 0.0993. The van der Waals surface area contributed by atoms with Crippen LogP contribution in [0.2, 0.25) is 0 Å². The largest absolute Gasteiger partial charge is 0.481 e. The van der Waals surface area contributed by atoms with Crippen LogP contribution in [-0.2, 0) is 16.6 Å². The zero-order valence-corrected chi connectivity index (χ0v) is 19.6.